The molecule has 25 heavy (non-hydrogen) atoms. The first kappa shape index (κ1) is 18.6. The topological polar surface area (TPSA) is 105 Å². The van der Waals surface area contributed by atoms with Gasteiger partial charge in [-0.25, -0.2) is 0 Å². The zero-order valence-electron chi connectivity index (χ0n) is 13.6. The summed E-state index contributed by atoms with van der Waals surface area (Å²) in [5.74, 6) is -0.424. The van der Waals surface area contributed by atoms with Crippen molar-refractivity contribution in [1.82, 2.24) is 10.2 Å². The number of halogens is 1. The van der Waals surface area contributed by atoms with Gasteiger partial charge in [-0.1, -0.05) is 11.6 Å². The number of rotatable bonds is 7. The van der Waals surface area contributed by atoms with Crippen molar-refractivity contribution in [3.63, 3.8) is 0 Å². The first-order chi connectivity index (χ1) is 12.0. The second-order valence-electron chi connectivity index (χ2n) is 5.57. The van der Waals surface area contributed by atoms with E-state index in [1.54, 1.807) is 11.0 Å². The Morgan fingerprint density at radius 3 is 2.96 bits per heavy atom. The largest absolute Gasteiger partial charge is 0.506 e. The fourth-order valence-electron chi connectivity index (χ4n) is 2.43. The zero-order valence-corrected chi connectivity index (χ0v) is 14.3. The van der Waals surface area contributed by atoms with Crippen LogP contribution in [0.4, 0.5) is 5.69 Å². The minimum absolute atomic E-state index is 0.0476. The molecule has 2 rings (SSSR count). The van der Waals surface area contributed by atoms with E-state index in [4.69, 9.17) is 16.9 Å². The lowest BCUT2D eigenvalue weighted by atomic mass is 10.2. The number of carbonyl (C=O) groups excluding carboxylic acids is 2. The Labute approximate surface area is 150 Å². The molecule has 0 aromatic heterocycles. The molecule has 0 aliphatic carbocycles. The first-order valence-corrected chi connectivity index (χ1v) is 8.30. The van der Waals surface area contributed by atoms with Gasteiger partial charge in [0.05, 0.1) is 5.69 Å². The van der Waals surface area contributed by atoms with Gasteiger partial charge in [0.15, 0.2) is 0 Å². The van der Waals surface area contributed by atoms with E-state index in [9.17, 15) is 14.7 Å². The number of benzene rings is 1. The van der Waals surface area contributed by atoms with Crippen LogP contribution in [0.5, 0.6) is 5.75 Å². The number of aromatic hydroxyl groups is 1. The monoisotopic (exact) mass is 362 g/mol. The zero-order chi connectivity index (χ0) is 18.2. The lowest BCUT2D eigenvalue weighted by molar-refractivity contribution is -0.127. The molecule has 1 aliphatic heterocycles. The first-order valence-electron chi connectivity index (χ1n) is 7.92. The Hall–Kier alpha value is -2.72. The van der Waals surface area contributed by atoms with Crippen LogP contribution in [0.2, 0.25) is 5.02 Å². The number of phenols is 1. The maximum Gasteiger partial charge on any atom is 0.263 e. The number of likely N-dealkylation sites (tertiary alicyclic amines) is 1. The van der Waals surface area contributed by atoms with Crippen LogP contribution in [-0.4, -0.2) is 41.5 Å². The van der Waals surface area contributed by atoms with E-state index in [1.165, 1.54) is 24.4 Å². The summed E-state index contributed by atoms with van der Waals surface area (Å²) in [5, 5.41) is 24.5. The number of phenolic OH excluding ortho intramolecular Hbond substituents is 1. The van der Waals surface area contributed by atoms with Crippen LogP contribution in [0, 0.1) is 11.3 Å². The Morgan fingerprint density at radius 1 is 1.48 bits per heavy atom. The summed E-state index contributed by atoms with van der Waals surface area (Å²) in [5.41, 5.74) is 0.164. The van der Waals surface area contributed by atoms with Gasteiger partial charge in [-0.3, -0.25) is 9.59 Å². The maximum absolute atomic E-state index is 12.0. The Bertz CT molecular complexity index is 727. The number of carbonyl (C=O) groups is 2. The lowest BCUT2D eigenvalue weighted by Gasteiger charge is -2.15. The Balaban J connectivity index is 1.82. The molecule has 0 saturated carbocycles. The molecule has 0 radical (unpaired) electrons. The van der Waals surface area contributed by atoms with Crippen molar-refractivity contribution >= 4 is 29.1 Å². The summed E-state index contributed by atoms with van der Waals surface area (Å²) in [6, 6.07) is 6.21. The van der Waals surface area contributed by atoms with Crippen LogP contribution < -0.4 is 10.6 Å². The quantitative estimate of drug-likeness (QED) is 0.298. The van der Waals surface area contributed by atoms with Gasteiger partial charge in [0.1, 0.15) is 17.4 Å². The Morgan fingerprint density at radius 2 is 2.28 bits per heavy atom. The summed E-state index contributed by atoms with van der Waals surface area (Å²) in [6.45, 7) is 1.73. The van der Waals surface area contributed by atoms with Gasteiger partial charge in [-0.2, -0.15) is 5.26 Å². The smallest absolute Gasteiger partial charge is 0.263 e. The molecular weight excluding hydrogens is 344 g/mol. The lowest BCUT2D eigenvalue weighted by Crippen LogP contribution is -2.31. The van der Waals surface area contributed by atoms with Crippen LogP contribution in [0.15, 0.2) is 30.0 Å². The number of hydrogen-bond acceptors (Lipinski definition) is 5. The van der Waals surface area contributed by atoms with Crippen LogP contribution in [0.1, 0.15) is 19.3 Å². The minimum atomic E-state index is -0.524. The SMILES string of the molecule is N#C/C(=C/Nc1cc(Cl)ccc1O)C(=O)NCCCN1CCCC1=O. The number of anilines is 1. The second-order valence-corrected chi connectivity index (χ2v) is 6.01. The van der Waals surface area contributed by atoms with Crippen LogP contribution in [0.3, 0.4) is 0 Å². The molecule has 2 amide bonds. The number of nitrogens with zero attached hydrogens (tertiary/aromatic N) is 2. The molecule has 3 N–H and O–H groups in total. The average Bonchev–Trinajstić information content (AvgIpc) is 3.00. The van der Waals surface area contributed by atoms with E-state index in [2.05, 4.69) is 10.6 Å². The summed E-state index contributed by atoms with van der Waals surface area (Å²) >= 11 is 5.83. The highest BCUT2D eigenvalue weighted by molar-refractivity contribution is 6.30. The van der Waals surface area contributed by atoms with Gasteiger partial charge in [0.25, 0.3) is 5.91 Å². The van der Waals surface area contributed by atoms with Gasteiger partial charge < -0.3 is 20.6 Å². The number of nitriles is 1. The van der Waals surface area contributed by atoms with Crippen LogP contribution >= 0.6 is 11.6 Å². The van der Waals surface area contributed by atoms with Gasteiger partial charge in [-0.15, -0.1) is 0 Å². The Kier molecular flexibility index (Phi) is 6.66. The predicted octanol–water partition coefficient (Wildman–Crippen LogP) is 1.99. The van der Waals surface area contributed by atoms with Gasteiger partial charge in [0, 0.05) is 37.3 Å². The third-order valence-electron chi connectivity index (χ3n) is 3.76. The number of nitrogens with one attached hydrogen (secondary N) is 2. The van der Waals surface area contributed by atoms with E-state index >= 15 is 0 Å². The van der Waals surface area contributed by atoms with Crippen molar-refractivity contribution in [1.29, 1.82) is 5.26 Å². The third-order valence-corrected chi connectivity index (χ3v) is 3.99. The molecule has 7 nitrogen and oxygen atoms in total. The van der Waals surface area contributed by atoms with E-state index in [0.717, 1.165) is 13.0 Å². The molecule has 0 unspecified atom stereocenters. The molecular formula is C17H19ClN4O3. The normalized spacial score (nSPS) is 14.3. The highest BCUT2D eigenvalue weighted by atomic mass is 35.5. The molecule has 1 aromatic carbocycles. The van der Waals surface area contributed by atoms with Crippen molar-refractivity contribution in [3.8, 4) is 11.8 Å². The van der Waals surface area contributed by atoms with Crippen molar-refractivity contribution in [2.24, 2.45) is 0 Å². The third kappa shape index (κ3) is 5.40. The van der Waals surface area contributed by atoms with Crippen molar-refractivity contribution in [3.05, 3.63) is 35.0 Å². The molecule has 0 bridgehead atoms. The highest BCUT2D eigenvalue weighted by Gasteiger charge is 2.19. The van der Waals surface area contributed by atoms with Gasteiger partial charge in [-0.05, 0) is 31.0 Å². The molecule has 0 spiro atoms. The fraction of sp³-hybridized carbons (Fsp3) is 0.353. The molecule has 132 valence electrons. The molecule has 8 heteroatoms. The van der Waals surface area contributed by atoms with Gasteiger partial charge >= 0.3 is 0 Å². The highest BCUT2D eigenvalue weighted by Crippen LogP contribution is 2.26. The van der Waals surface area contributed by atoms with Crippen molar-refractivity contribution in [2.75, 3.05) is 25.0 Å². The molecule has 1 heterocycles. The van der Waals surface area contributed by atoms with Crippen LogP contribution in [-0.2, 0) is 9.59 Å². The maximum atomic E-state index is 12.0. The minimum Gasteiger partial charge on any atom is -0.506 e. The van der Waals surface area contributed by atoms with E-state index < -0.39 is 5.91 Å². The van der Waals surface area contributed by atoms with Crippen LogP contribution in [0.25, 0.3) is 0 Å². The van der Waals surface area contributed by atoms with E-state index in [1.807, 2.05) is 0 Å². The van der Waals surface area contributed by atoms with Crippen molar-refractivity contribution < 1.29 is 14.7 Å². The fourth-order valence-corrected chi connectivity index (χ4v) is 2.60. The summed E-state index contributed by atoms with van der Waals surface area (Å²) in [6.07, 6.45) is 3.31. The van der Waals surface area contributed by atoms with Gasteiger partial charge in [0.2, 0.25) is 5.91 Å². The second kappa shape index (κ2) is 8.94. The molecule has 1 aromatic rings. The predicted molar refractivity (Wildman–Crippen MR) is 93.9 cm³/mol. The van der Waals surface area contributed by atoms with E-state index in [0.29, 0.717) is 36.6 Å². The summed E-state index contributed by atoms with van der Waals surface area (Å²) in [7, 11) is 0. The molecule has 1 saturated heterocycles. The van der Waals surface area contributed by atoms with E-state index in [-0.39, 0.29) is 17.2 Å². The summed E-state index contributed by atoms with van der Waals surface area (Å²) < 4.78 is 0. The number of amides is 2. The summed E-state index contributed by atoms with van der Waals surface area (Å²) in [4.78, 5) is 25.2. The van der Waals surface area contributed by atoms with Crippen molar-refractivity contribution in [2.45, 2.75) is 19.3 Å². The molecule has 1 aliphatic rings. The standard InChI is InChI=1S/C17H19ClN4O3/c18-13-4-5-15(23)14(9-13)21-11-12(10-19)17(25)20-6-2-8-22-7-1-3-16(22)24/h4-5,9,11,21,23H,1-3,6-8H2,(H,20,25)/b12-11-. The number of hydrogen-bond donors (Lipinski definition) is 3. The average molecular weight is 363 g/mol. The molecule has 1 fully saturated rings. The molecule has 0 atom stereocenters.